The van der Waals surface area contributed by atoms with Gasteiger partial charge in [0.25, 0.3) is 0 Å². The van der Waals surface area contributed by atoms with Crippen LogP contribution in [0.4, 0.5) is 0 Å². The highest BCUT2D eigenvalue weighted by atomic mass is 32.1. The topological polar surface area (TPSA) is 43.9 Å². The van der Waals surface area contributed by atoms with Gasteiger partial charge in [-0.2, -0.15) is 0 Å². The van der Waals surface area contributed by atoms with Crippen molar-refractivity contribution in [3.8, 4) is 28.3 Å². The van der Waals surface area contributed by atoms with Gasteiger partial charge in [0, 0.05) is 58.5 Å². The molecule has 0 aliphatic heterocycles. The maximum atomic E-state index is 6.34. The second-order valence-electron chi connectivity index (χ2n) is 13.7. The van der Waals surface area contributed by atoms with Crippen LogP contribution in [0.1, 0.15) is 0 Å². The highest BCUT2D eigenvalue weighted by Gasteiger charge is 2.20. The van der Waals surface area contributed by atoms with E-state index in [1.165, 1.54) is 63.5 Å². The lowest BCUT2D eigenvalue weighted by Gasteiger charge is -2.11. The van der Waals surface area contributed by atoms with E-state index in [0.717, 1.165) is 39.0 Å². The Bertz CT molecular complexity index is 3450. The van der Waals surface area contributed by atoms with Crippen molar-refractivity contribution in [3.05, 3.63) is 164 Å². The molecule has 0 unspecified atom stereocenters. The number of hydrogen-bond acceptors (Lipinski definition) is 4. The van der Waals surface area contributed by atoms with E-state index in [4.69, 9.17) is 14.4 Å². The molecule has 0 aliphatic carbocycles. The Hall–Kier alpha value is -6.82. The highest BCUT2D eigenvalue weighted by molar-refractivity contribution is 7.26. The molecule has 4 heterocycles. The molecule has 0 amide bonds. The summed E-state index contributed by atoms with van der Waals surface area (Å²) in [6, 6.07) is 58.3. The lowest BCUT2D eigenvalue weighted by Crippen LogP contribution is -1.96. The number of nitrogens with zero attached hydrogens (tertiary/aromatic N) is 3. The van der Waals surface area contributed by atoms with Crippen LogP contribution in [0.3, 0.4) is 0 Å². The predicted octanol–water partition coefficient (Wildman–Crippen LogP) is 13.5. The number of aromatic nitrogens is 3. The van der Waals surface area contributed by atoms with Gasteiger partial charge < -0.3 is 8.98 Å². The normalized spacial score (nSPS) is 12.2. The van der Waals surface area contributed by atoms with Gasteiger partial charge in [-0.3, -0.25) is 0 Å². The molecular weight excluding hydrogens is 667 g/mol. The molecule has 12 rings (SSSR count). The van der Waals surface area contributed by atoms with Gasteiger partial charge in [-0.1, -0.05) is 109 Å². The van der Waals surface area contributed by atoms with Gasteiger partial charge in [0.1, 0.15) is 16.8 Å². The Morgan fingerprint density at radius 2 is 1.17 bits per heavy atom. The standard InChI is InChI=1S/C48H27N3OS/c1-2-10-29(11-3-1)44-46-45(37-14-5-8-16-40(37)52-46)50-48(49-44)30-18-22-31(23-19-30)51-38-15-7-4-13-36(38)43-34-24-20-28-21-25-35-32-12-6-9-17-41(32)53-47(35)42(28)33(34)26-27-39(43)51/h1-27H. The van der Waals surface area contributed by atoms with E-state index < -0.39 is 0 Å². The van der Waals surface area contributed by atoms with Crippen LogP contribution in [0.25, 0.3) is 114 Å². The fourth-order valence-corrected chi connectivity index (χ4v) is 9.69. The minimum absolute atomic E-state index is 0.669. The highest BCUT2D eigenvalue weighted by Crippen LogP contribution is 2.44. The molecule has 4 aromatic heterocycles. The van der Waals surface area contributed by atoms with E-state index in [0.29, 0.717) is 11.4 Å². The van der Waals surface area contributed by atoms with Gasteiger partial charge in [-0.15, -0.1) is 11.3 Å². The lowest BCUT2D eigenvalue weighted by atomic mass is 9.97. The average Bonchev–Trinajstić information content (AvgIpc) is 3.90. The maximum Gasteiger partial charge on any atom is 0.180 e. The summed E-state index contributed by atoms with van der Waals surface area (Å²) in [5, 5.41) is 11.3. The third kappa shape index (κ3) is 4.11. The lowest BCUT2D eigenvalue weighted by molar-refractivity contribution is 0.667. The zero-order valence-corrected chi connectivity index (χ0v) is 29.1. The van der Waals surface area contributed by atoms with Gasteiger partial charge >= 0.3 is 0 Å². The minimum Gasteiger partial charge on any atom is -0.452 e. The molecular formula is C48H27N3OS. The van der Waals surface area contributed by atoms with Gasteiger partial charge in [0.05, 0.1) is 11.0 Å². The van der Waals surface area contributed by atoms with E-state index in [9.17, 15) is 0 Å². The molecule has 0 radical (unpaired) electrons. The molecule has 0 N–H and O–H groups in total. The summed E-state index contributed by atoms with van der Waals surface area (Å²) >= 11 is 1.90. The molecule has 53 heavy (non-hydrogen) atoms. The summed E-state index contributed by atoms with van der Waals surface area (Å²) in [5.41, 5.74) is 8.52. The van der Waals surface area contributed by atoms with E-state index in [1.807, 2.05) is 47.7 Å². The van der Waals surface area contributed by atoms with E-state index in [2.05, 4.69) is 132 Å². The summed E-state index contributed by atoms with van der Waals surface area (Å²) in [6.45, 7) is 0. The first-order chi connectivity index (χ1) is 26.3. The number of para-hydroxylation sites is 2. The van der Waals surface area contributed by atoms with E-state index in [1.54, 1.807) is 0 Å². The summed E-state index contributed by atoms with van der Waals surface area (Å²) in [5.74, 6) is 0.669. The van der Waals surface area contributed by atoms with Crippen molar-refractivity contribution in [2.24, 2.45) is 0 Å². The van der Waals surface area contributed by atoms with Crippen molar-refractivity contribution in [3.63, 3.8) is 0 Å². The van der Waals surface area contributed by atoms with Crippen molar-refractivity contribution < 1.29 is 4.42 Å². The third-order valence-electron chi connectivity index (χ3n) is 10.8. The number of thiophene rings is 1. The Kier molecular flexibility index (Phi) is 5.90. The molecule has 0 aliphatic rings. The largest absolute Gasteiger partial charge is 0.452 e. The quantitative estimate of drug-likeness (QED) is 0.173. The summed E-state index contributed by atoms with van der Waals surface area (Å²) in [7, 11) is 0. The average molecular weight is 694 g/mol. The Morgan fingerprint density at radius 1 is 0.472 bits per heavy atom. The van der Waals surface area contributed by atoms with Gasteiger partial charge in [-0.25, -0.2) is 9.97 Å². The third-order valence-corrected chi connectivity index (χ3v) is 12.0. The Balaban J connectivity index is 1.06. The van der Waals surface area contributed by atoms with E-state index in [-0.39, 0.29) is 0 Å². The van der Waals surface area contributed by atoms with Gasteiger partial charge in [-0.05, 0) is 70.8 Å². The fourth-order valence-electron chi connectivity index (χ4n) is 8.42. The number of benzene rings is 8. The van der Waals surface area contributed by atoms with Crippen LogP contribution in [-0.2, 0) is 0 Å². The van der Waals surface area contributed by atoms with Crippen LogP contribution in [0.15, 0.2) is 168 Å². The van der Waals surface area contributed by atoms with Crippen molar-refractivity contribution in [1.29, 1.82) is 0 Å². The molecule has 246 valence electrons. The zero-order valence-electron chi connectivity index (χ0n) is 28.2. The molecule has 0 saturated heterocycles. The monoisotopic (exact) mass is 693 g/mol. The van der Waals surface area contributed by atoms with Crippen LogP contribution >= 0.6 is 11.3 Å². The smallest absolute Gasteiger partial charge is 0.180 e. The number of furan rings is 1. The zero-order chi connectivity index (χ0) is 34.6. The van der Waals surface area contributed by atoms with Crippen LogP contribution in [0.5, 0.6) is 0 Å². The van der Waals surface area contributed by atoms with Crippen molar-refractivity contribution in [2.75, 3.05) is 0 Å². The van der Waals surface area contributed by atoms with Crippen LogP contribution in [0, 0.1) is 0 Å². The summed E-state index contributed by atoms with van der Waals surface area (Å²) in [4.78, 5) is 10.2. The first-order valence-corrected chi connectivity index (χ1v) is 18.6. The molecule has 0 atom stereocenters. The Morgan fingerprint density at radius 3 is 2.04 bits per heavy atom. The van der Waals surface area contributed by atoms with Crippen LogP contribution < -0.4 is 0 Å². The van der Waals surface area contributed by atoms with Crippen LogP contribution in [0.2, 0.25) is 0 Å². The summed E-state index contributed by atoms with van der Waals surface area (Å²) < 4.78 is 11.4. The van der Waals surface area contributed by atoms with Gasteiger partial charge in [0.2, 0.25) is 0 Å². The minimum atomic E-state index is 0.669. The van der Waals surface area contributed by atoms with Crippen molar-refractivity contribution in [2.45, 2.75) is 0 Å². The number of fused-ring (bicyclic) bond motifs is 14. The van der Waals surface area contributed by atoms with Crippen LogP contribution in [-0.4, -0.2) is 14.5 Å². The molecule has 0 spiro atoms. The molecule has 0 saturated carbocycles. The second kappa shape index (κ2) is 10.8. The molecule has 4 nitrogen and oxygen atoms in total. The van der Waals surface area contributed by atoms with E-state index >= 15 is 0 Å². The molecule has 12 aromatic rings. The molecule has 0 bridgehead atoms. The molecule has 5 heteroatoms. The first kappa shape index (κ1) is 28.8. The molecule has 0 fully saturated rings. The van der Waals surface area contributed by atoms with Crippen molar-refractivity contribution >= 4 is 96.9 Å². The van der Waals surface area contributed by atoms with Crippen molar-refractivity contribution in [1.82, 2.24) is 14.5 Å². The molecule has 8 aromatic carbocycles. The Labute approximate surface area is 306 Å². The predicted molar refractivity (Wildman–Crippen MR) is 222 cm³/mol. The first-order valence-electron chi connectivity index (χ1n) is 17.8. The number of rotatable bonds is 3. The second-order valence-corrected chi connectivity index (χ2v) is 14.7. The number of hydrogen-bond donors (Lipinski definition) is 0. The maximum absolute atomic E-state index is 6.34. The fraction of sp³-hybridized carbons (Fsp3) is 0. The van der Waals surface area contributed by atoms with Gasteiger partial charge in [0.15, 0.2) is 11.4 Å². The SMILES string of the molecule is c1ccc(-c2nc(-c3ccc(-n4c5ccccc5c5c6ccc7ccc8c9ccccc9sc8c7c6ccc54)cc3)nc3c2oc2ccccc23)cc1. The summed E-state index contributed by atoms with van der Waals surface area (Å²) in [6.07, 6.45) is 0.